The number of aromatic nitrogens is 1. The summed E-state index contributed by atoms with van der Waals surface area (Å²) >= 11 is 8.03. The van der Waals surface area contributed by atoms with Crippen molar-refractivity contribution in [3.05, 3.63) is 87.8 Å². The SMILES string of the molecule is CCCCCCOc1c(Cl)cc(/C=N/NC(=O)c2ccc(-c3csc(Nc4ccc(C)cc4)n3)cc2)cc1OCC. The van der Waals surface area contributed by atoms with Gasteiger partial charge in [-0.25, -0.2) is 10.4 Å². The average Bonchev–Trinajstić information content (AvgIpc) is 3.44. The molecule has 1 amide bonds. The fraction of sp³-hybridized carbons (Fsp3) is 0.281. The third kappa shape index (κ3) is 8.80. The molecule has 1 aromatic heterocycles. The number of benzene rings is 3. The van der Waals surface area contributed by atoms with Crippen LogP contribution in [0.2, 0.25) is 5.02 Å². The number of nitrogens with zero attached hydrogens (tertiary/aromatic N) is 2. The van der Waals surface area contributed by atoms with Gasteiger partial charge in [-0.3, -0.25) is 4.79 Å². The Morgan fingerprint density at radius 1 is 1.02 bits per heavy atom. The number of hydrazone groups is 1. The van der Waals surface area contributed by atoms with Crippen LogP contribution in [0.25, 0.3) is 11.3 Å². The van der Waals surface area contributed by atoms with E-state index in [0.717, 1.165) is 34.9 Å². The topological polar surface area (TPSA) is 84.8 Å². The Morgan fingerprint density at radius 2 is 1.80 bits per heavy atom. The van der Waals surface area contributed by atoms with Gasteiger partial charge in [0.15, 0.2) is 16.6 Å². The van der Waals surface area contributed by atoms with E-state index in [2.05, 4.69) is 46.8 Å². The summed E-state index contributed by atoms with van der Waals surface area (Å²) in [5.41, 5.74) is 7.70. The Morgan fingerprint density at radius 3 is 2.54 bits per heavy atom. The molecule has 0 unspecified atom stereocenters. The van der Waals surface area contributed by atoms with Gasteiger partial charge in [0.2, 0.25) is 0 Å². The molecule has 41 heavy (non-hydrogen) atoms. The standard InChI is InChI=1S/C32H35ClN4O3S/c1-4-6-7-8-17-40-30-27(33)18-23(19-29(30)39-5-2)20-34-37-31(38)25-13-11-24(12-14-25)28-21-41-32(36-28)35-26-15-9-22(3)10-16-26/h9-16,18-21H,4-8,17H2,1-3H3,(H,35,36)(H,37,38)/b34-20+. The summed E-state index contributed by atoms with van der Waals surface area (Å²) in [5, 5.41) is 10.7. The third-order valence-corrected chi connectivity index (χ3v) is 7.24. The first-order valence-corrected chi connectivity index (χ1v) is 15.0. The Hall–Kier alpha value is -3.88. The van der Waals surface area contributed by atoms with Gasteiger partial charge in [0.25, 0.3) is 5.91 Å². The molecule has 2 N–H and O–H groups in total. The van der Waals surface area contributed by atoms with Crippen LogP contribution in [-0.2, 0) is 0 Å². The highest BCUT2D eigenvalue weighted by Gasteiger charge is 2.13. The van der Waals surface area contributed by atoms with Crippen LogP contribution in [-0.4, -0.2) is 30.3 Å². The van der Waals surface area contributed by atoms with Gasteiger partial charge in [-0.05, 0) is 62.2 Å². The second kappa shape index (κ2) is 15.2. The van der Waals surface area contributed by atoms with Gasteiger partial charge < -0.3 is 14.8 Å². The predicted molar refractivity (Wildman–Crippen MR) is 169 cm³/mol. The number of nitrogens with one attached hydrogen (secondary N) is 2. The monoisotopic (exact) mass is 590 g/mol. The predicted octanol–water partition coefficient (Wildman–Crippen LogP) is 8.64. The lowest BCUT2D eigenvalue weighted by Gasteiger charge is -2.14. The number of ether oxygens (including phenoxy) is 2. The Balaban J connectivity index is 1.34. The summed E-state index contributed by atoms with van der Waals surface area (Å²) in [4.78, 5) is 17.3. The number of anilines is 2. The molecule has 0 radical (unpaired) electrons. The number of amides is 1. The Bertz CT molecular complexity index is 1450. The number of hydrogen-bond acceptors (Lipinski definition) is 7. The van der Waals surface area contributed by atoms with Crippen LogP contribution in [0.4, 0.5) is 10.8 Å². The quantitative estimate of drug-likeness (QED) is 0.0872. The van der Waals surface area contributed by atoms with E-state index < -0.39 is 0 Å². The molecule has 0 aliphatic rings. The molecule has 0 saturated carbocycles. The Kier molecular flexibility index (Phi) is 11.2. The first kappa shape index (κ1) is 30.1. The van der Waals surface area contributed by atoms with Crippen molar-refractivity contribution in [3.8, 4) is 22.8 Å². The third-order valence-electron chi connectivity index (χ3n) is 6.21. The zero-order chi connectivity index (χ0) is 29.0. The lowest BCUT2D eigenvalue weighted by atomic mass is 10.1. The van der Waals surface area contributed by atoms with Crippen LogP contribution >= 0.6 is 22.9 Å². The van der Waals surface area contributed by atoms with Crippen molar-refractivity contribution >= 4 is 45.9 Å². The first-order chi connectivity index (χ1) is 20.0. The molecule has 1 heterocycles. The van der Waals surface area contributed by atoms with E-state index in [9.17, 15) is 4.79 Å². The molecule has 0 aliphatic heterocycles. The molecule has 4 aromatic rings. The van der Waals surface area contributed by atoms with E-state index in [1.807, 2.05) is 36.6 Å². The molecule has 214 valence electrons. The van der Waals surface area contributed by atoms with Gasteiger partial charge in [-0.15, -0.1) is 11.3 Å². The second-order valence-corrected chi connectivity index (χ2v) is 10.7. The molecule has 0 saturated heterocycles. The zero-order valence-corrected chi connectivity index (χ0v) is 25.1. The van der Waals surface area contributed by atoms with Gasteiger partial charge in [-0.1, -0.05) is 67.6 Å². The molecule has 0 fully saturated rings. The van der Waals surface area contributed by atoms with Crippen LogP contribution in [0.3, 0.4) is 0 Å². The molecule has 7 nitrogen and oxygen atoms in total. The summed E-state index contributed by atoms with van der Waals surface area (Å²) in [7, 11) is 0. The van der Waals surface area contributed by atoms with Crippen molar-refractivity contribution in [2.75, 3.05) is 18.5 Å². The molecule has 0 bridgehead atoms. The van der Waals surface area contributed by atoms with Crippen molar-refractivity contribution in [1.82, 2.24) is 10.4 Å². The minimum atomic E-state index is -0.323. The molecular formula is C32H35ClN4O3S. The lowest BCUT2D eigenvalue weighted by Crippen LogP contribution is -2.17. The number of carbonyl (C=O) groups excluding carboxylic acids is 1. The van der Waals surface area contributed by atoms with Crippen LogP contribution in [0, 0.1) is 6.92 Å². The fourth-order valence-corrected chi connectivity index (χ4v) is 5.03. The van der Waals surface area contributed by atoms with Gasteiger partial charge in [0.1, 0.15) is 0 Å². The zero-order valence-electron chi connectivity index (χ0n) is 23.6. The molecule has 9 heteroatoms. The highest BCUT2D eigenvalue weighted by molar-refractivity contribution is 7.14. The number of rotatable bonds is 14. The largest absolute Gasteiger partial charge is 0.490 e. The molecule has 0 aliphatic carbocycles. The average molecular weight is 591 g/mol. The van der Waals surface area contributed by atoms with E-state index in [-0.39, 0.29) is 5.91 Å². The van der Waals surface area contributed by atoms with Crippen LogP contribution in [0.5, 0.6) is 11.5 Å². The second-order valence-electron chi connectivity index (χ2n) is 9.48. The highest BCUT2D eigenvalue weighted by Crippen LogP contribution is 2.36. The summed E-state index contributed by atoms with van der Waals surface area (Å²) in [5.74, 6) is 0.763. The van der Waals surface area contributed by atoms with Crippen molar-refractivity contribution in [1.29, 1.82) is 0 Å². The number of carbonyl (C=O) groups is 1. The number of aryl methyl sites for hydroxylation is 1. The summed E-state index contributed by atoms with van der Waals surface area (Å²) < 4.78 is 11.7. The number of hydrogen-bond donors (Lipinski definition) is 2. The molecule has 0 atom stereocenters. The van der Waals surface area contributed by atoms with E-state index in [0.29, 0.717) is 40.9 Å². The van der Waals surface area contributed by atoms with E-state index >= 15 is 0 Å². The minimum absolute atomic E-state index is 0.323. The maximum Gasteiger partial charge on any atom is 0.271 e. The van der Waals surface area contributed by atoms with Crippen LogP contribution in [0.15, 0.2) is 71.1 Å². The maximum absolute atomic E-state index is 12.7. The van der Waals surface area contributed by atoms with Crippen molar-refractivity contribution in [2.24, 2.45) is 5.10 Å². The van der Waals surface area contributed by atoms with Crippen molar-refractivity contribution in [3.63, 3.8) is 0 Å². The molecule has 0 spiro atoms. The van der Waals surface area contributed by atoms with Gasteiger partial charge in [0.05, 0.1) is 30.1 Å². The normalized spacial score (nSPS) is 11.0. The van der Waals surface area contributed by atoms with E-state index in [4.69, 9.17) is 21.1 Å². The number of halogens is 1. The molecule has 4 rings (SSSR count). The Labute approximate surface area is 250 Å². The smallest absolute Gasteiger partial charge is 0.271 e. The highest BCUT2D eigenvalue weighted by atomic mass is 35.5. The molecular weight excluding hydrogens is 556 g/mol. The summed E-state index contributed by atoms with van der Waals surface area (Å²) in [6.45, 7) is 7.19. The van der Waals surface area contributed by atoms with Gasteiger partial charge >= 0.3 is 0 Å². The van der Waals surface area contributed by atoms with E-state index in [1.165, 1.54) is 36.0 Å². The van der Waals surface area contributed by atoms with Crippen LogP contribution < -0.4 is 20.2 Å². The van der Waals surface area contributed by atoms with Crippen molar-refractivity contribution in [2.45, 2.75) is 46.5 Å². The maximum atomic E-state index is 12.7. The molecule has 3 aromatic carbocycles. The number of thiazole rings is 1. The summed E-state index contributed by atoms with van der Waals surface area (Å²) in [6.07, 6.45) is 5.95. The fourth-order valence-electron chi connectivity index (χ4n) is 4.02. The van der Waals surface area contributed by atoms with Gasteiger partial charge in [-0.2, -0.15) is 5.10 Å². The van der Waals surface area contributed by atoms with Crippen molar-refractivity contribution < 1.29 is 14.3 Å². The van der Waals surface area contributed by atoms with Gasteiger partial charge in [0, 0.05) is 22.2 Å². The van der Waals surface area contributed by atoms with Crippen LogP contribution in [0.1, 0.15) is 61.0 Å². The number of unbranched alkanes of at least 4 members (excludes halogenated alkanes) is 3. The lowest BCUT2D eigenvalue weighted by molar-refractivity contribution is 0.0955. The van der Waals surface area contributed by atoms with E-state index in [1.54, 1.807) is 24.3 Å². The first-order valence-electron chi connectivity index (χ1n) is 13.8. The summed E-state index contributed by atoms with van der Waals surface area (Å²) in [6, 6.07) is 19.0. The minimum Gasteiger partial charge on any atom is -0.490 e.